The average Bonchev–Trinajstić information content (AvgIpc) is 2.92. The van der Waals surface area contributed by atoms with E-state index in [4.69, 9.17) is 9.47 Å². The van der Waals surface area contributed by atoms with E-state index in [1.165, 1.54) is 13.0 Å². The summed E-state index contributed by atoms with van der Waals surface area (Å²) in [6.45, 7) is 2.07. The monoisotopic (exact) mass is 377 g/mol. The summed E-state index contributed by atoms with van der Waals surface area (Å²) < 4.78 is 51.4. The van der Waals surface area contributed by atoms with Crippen LogP contribution in [0.4, 0.5) is 13.2 Å². The van der Waals surface area contributed by atoms with E-state index >= 15 is 0 Å². The Bertz CT molecular complexity index is 959. The van der Waals surface area contributed by atoms with Gasteiger partial charge in [0.05, 0.1) is 19.2 Å². The first kappa shape index (κ1) is 18.8. The van der Waals surface area contributed by atoms with Gasteiger partial charge in [0.1, 0.15) is 18.1 Å². The molecule has 0 saturated carbocycles. The largest absolute Gasteiger partial charge is 0.497 e. The first-order chi connectivity index (χ1) is 12.8. The average molecular weight is 377 g/mol. The molecule has 142 valence electrons. The third-order valence-corrected chi connectivity index (χ3v) is 4.36. The Morgan fingerprint density at radius 3 is 2.30 bits per heavy atom. The van der Waals surface area contributed by atoms with E-state index in [-0.39, 0.29) is 17.9 Å². The van der Waals surface area contributed by atoms with Gasteiger partial charge in [0, 0.05) is 16.6 Å². The predicted molar refractivity (Wildman–Crippen MR) is 95.5 cm³/mol. The fraction of sp³-hybridized carbons (Fsp3) is 0.250. The Labute approximate surface area is 154 Å². The van der Waals surface area contributed by atoms with Crippen molar-refractivity contribution in [2.24, 2.45) is 0 Å². The standard InChI is InChI=1S/C20H18F3NO3/c1-13-18(19(25)20(21,22)23)16-5-3-4-6-17(16)24(13)11-12-27-15-9-7-14(26-2)8-10-15/h3-10H,11-12H2,1-2H3. The molecule has 0 unspecified atom stereocenters. The van der Waals surface area contributed by atoms with E-state index in [2.05, 4.69) is 0 Å². The lowest BCUT2D eigenvalue weighted by atomic mass is 10.1. The molecule has 0 aliphatic rings. The number of carbonyl (C=O) groups excluding carboxylic acids is 1. The van der Waals surface area contributed by atoms with Crippen molar-refractivity contribution in [2.45, 2.75) is 19.6 Å². The van der Waals surface area contributed by atoms with Gasteiger partial charge < -0.3 is 14.0 Å². The summed E-state index contributed by atoms with van der Waals surface area (Å²) in [6.07, 6.45) is -4.92. The van der Waals surface area contributed by atoms with Crippen molar-refractivity contribution >= 4 is 16.7 Å². The van der Waals surface area contributed by atoms with Crippen LogP contribution in [0.15, 0.2) is 48.5 Å². The highest BCUT2D eigenvalue weighted by atomic mass is 19.4. The van der Waals surface area contributed by atoms with Crippen molar-refractivity contribution in [1.82, 2.24) is 4.57 Å². The van der Waals surface area contributed by atoms with Crippen LogP contribution >= 0.6 is 0 Å². The molecule has 3 rings (SSSR count). The van der Waals surface area contributed by atoms with Gasteiger partial charge in [-0.15, -0.1) is 0 Å². The molecule has 0 N–H and O–H groups in total. The number of para-hydroxylation sites is 1. The zero-order valence-electron chi connectivity index (χ0n) is 14.8. The van der Waals surface area contributed by atoms with Crippen molar-refractivity contribution < 1.29 is 27.4 Å². The molecule has 0 amide bonds. The first-order valence-corrected chi connectivity index (χ1v) is 8.29. The molecule has 0 atom stereocenters. The summed E-state index contributed by atoms with van der Waals surface area (Å²) in [5.41, 5.74) is 0.542. The van der Waals surface area contributed by atoms with E-state index in [1.54, 1.807) is 54.1 Å². The van der Waals surface area contributed by atoms with Crippen LogP contribution in [0.5, 0.6) is 11.5 Å². The molecular formula is C20H18F3NO3. The van der Waals surface area contributed by atoms with Gasteiger partial charge in [-0.1, -0.05) is 18.2 Å². The third-order valence-electron chi connectivity index (χ3n) is 4.36. The van der Waals surface area contributed by atoms with Crippen molar-refractivity contribution in [1.29, 1.82) is 0 Å². The van der Waals surface area contributed by atoms with E-state index in [1.807, 2.05) is 0 Å². The molecule has 3 aromatic rings. The normalized spacial score (nSPS) is 11.6. The fourth-order valence-corrected chi connectivity index (χ4v) is 3.07. The minimum Gasteiger partial charge on any atom is -0.497 e. The number of halogens is 3. The summed E-state index contributed by atoms with van der Waals surface area (Å²) in [4.78, 5) is 11.9. The molecular weight excluding hydrogens is 359 g/mol. The number of fused-ring (bicyclic) bond motifs is 1. The molecule has 0 bridgehead atoms. The number of Topliss-reactive ketones (excluding diaryl/α,β-unsaturated/α-hetero) is 1. The second-order valence-corrected chi connectivity index (χ2v) is 5.98. The summed E-state index contributed by atoms with van der Waals surface area (Å²) in [7, 11) is 1.57. The number of hydrogen-bond donors (Lipinski definition) is 0. The number of ketones is 1. The van der Waals surface area contributed by atoms with Gasteiger partial charge in [0.25, 0.3) is 5.78 Å². The molecule has 1 aromatic heterocycles. The molecule has 0 aliphatic heterocycles. The third kappa shape index (κ3) is 3.77. The molecule has 0 saturated heterocycles. The maximum Gasteiger partial charge on any atom is 0.454 e. The van der Waals surface area contributed by atoms with Crippen LogP contribution in [0.25, 0.3) is 10.9 Å². The van der Waals surface area contributed by atoms with Crippen LogP contribution in [0, 0.1) is 6.92 Å². The van der Waals surface area contributed by atoms with Gasteiger partial charge in [0.2, 0.25) is 0 Å². The maximum absolute atomic E-state index is 13.0. The molecule has 4 nitrogen and oxygen atoms in total. The van der Waals surface area contributed by atoms with Crippen molar-refractivity contribution in [3.05, 3.63) is 59.8 Å². The summed E-state index contributed by atoms with van der Waals surface area (Å²) in [5.74, 6) is -0.507. The lowest BCUT2D eigenvalue weighted by molar-refractivity contribution is -0.0884. The Morgan fingerprint density at radius 2 is 1.67 bits per heavy atom. The minimum atomic E-state index is -4.92. The number of rotatable bonds is 6. The van der Waals surface area contributed by atoms with Crippen LogP contribution < -0.4 is 9.47 Å². The first-order valence-electron chi connectivity index (χ1n) is 8.29. The van der Waals surface area contributed by atoms with Crippen LogP contribution in [-0.2, 0) is 6.54 Å². The zero-order chi connectivity index (χ0) is 19.6. The molecule has 0 fully saturated rings. The van der Waals surface area contributed by atoms with Crippen LogP contribution in [0.3, 0.4) is 0 Å². The molecule has 7 heteroatoms. The van der Waals surface area contributed by atoms with Crippen LogP contribution in [-0.4, -0.2) is 30.2 Å². The van der Waals surface area contributed by atoms with Gasteiger partial charge in [0.15, 0.2) is 0 Å². The quantitative estimate of drug-likeness (QED) is 0.581. The van der Waals surface area contributed by atoms with E-state index in [0.717, 1.165) is 0 Å². The smallest absolute Gasteiger partial charge is 0.454 e. The highest BCUT2D eigenvalue weighted by Crippen LogP contribution is 2.31. The van der Waals surface area contributed by atoms with Gasteiger partial charge in [-0.25, -0.2) is 0 Å². The van der Waals surface area contributed by atoms with Crippen LogP contribution in [0.2, 0.25) is 0 Å². The highest BCUT2D eigenvalue weighted by molar-refractivity contribution is 6.12. The number of benzene rings is 2. The van der Waals surface area contributed by atoms with Gasteiger partial charge in [-0.3, -0.25) is 4.79 Å². The van der Waals surface area contributed by atoms with E-state index in [9.17, 15) is 18.0 Å². The van der Waals surface area contributed by atoms with E-state index < -0.39 is 12.0 Å². The Hall–Kier alpha value is -2.96. The van der Waals surface area contributed by atoms with Gasteiger partial charge in [-0.05, 0) is 37.3 Å². The molecule has 27 heavy (non-hydrogen) atoms. The lowest BCUT2D eigenvalue weighted by Crippen LogP contribution is -2.23. The lowest BCUT2D eigenvalue weighted by Gasteiger charge is -2.11. The Kier molecular flexibility index (Phi) is 5.12. The number of carbonyl (C=O) groups is 1. The van der Waals surface area contributed by atoms with Gasteiger partial charge >= 0.3 is 6.18 Å². The predicted octanol–water partition coefficient (Wildman–Crippen LogP) is 4.78. The fourth-order valence-electron chi connectivity index (χ4n) is 3.07. The number of aromatic nitrogens is 1. The minimum absolute atomic E-state index is 0.242. The van der Waals surface area contributed by atoms with Crippen molar-refractivity contribution in [3.8, 4) is 11.5 Å². The SMILES string of the molecule is COc1ccc(OCCn2c(C)c(C(=O)C(F)(F)F)c3ccccc32)cc1. The molecule has 0 spiro atoms. The summed E-state index contributed by atoms with van der Waals surface area (Å²) in [5, 5.41) is 0.293. The summed E-state index contributed by atoms with van der Waals surface area (Å²) >= 11 is 0. The number of ether oxygens (including phenoxy) is 2. The second-order valence-electron chi connectivity index (χ2n) is 5.98. The number of nitrogens with zero attached hydrogens (tertiary/aromatic N) is 1. The number of hydrogen-bond acceptors (Lipinski definition) is 3. The van der Waals surface area contributed by atoms with Gasteiger partial charge in [-0.2, -0.15) is 13.2 Å². The van der Waals surface area contributed by atoms with Crippen molar-refractivity contribution in [3.63, 3.8) is 0 Å². The van der Waals surface area contributed by atoms with Crippen LogP contribution in [0.1, 0.15) is 16.1 Å². The topological polar surface area (TPSA) is 40.5 Å². The van der Waals surface area contributed by atoms with E-state index in [0.29, 0.717) is 28.9 Å². The second kappa shape index (κ2) is 7.34. The highest BCUT2D eigenvalue weighted by Gasteiger charge is 2.41. The molecule has 1 heterocycles. The zero-order valence-corrected chi connectivity index (χ0v) is 14.8. The molecule has 0 radical (unpaired) electrons. The van der Waals surface area contributed by atoms with Crippen molar-refractivity contribution in [2.75, 3.05) is 13.7 Å². The Balaban J connectivity index is 1.86. The maximum atomic E-state index is 13.0. The number of alkyl halides is 3. The molecule has 2 aromatic carbocycles. The Morgan fingerprint density at radius 1 is 1.04 bits per heavy atom. The molecule has 0 aliphatic carbocycles. The summed E-state index contributed by atoms with van der Waals surface area (Å²) in [6, 6.07) is 13.6. The number of methoxy groups -OCH3 is 1.